The molecule has 0 amide bonds. The molecule has 0 aromatic carbocycles. The quantitative estimate of drug-likeness (QED) is 0.706. The Morgan fingerprint density at radius 1 is 1.13 bits per heavy atom. The zero-order valence-electron chi connectivity index (χ0n) is 11.5. The van der Waals surface area contributed by atoms with Gasteiger partial charge in [0.25, 0.3) is 0 Å². The van der Waals surface area contributed by atoms with Gasteiger partial charge < -0.3 is 5.73 Å². The Morgan fingerprint density at radius 3 is 1.93 bits per heavy atom. The summed E-state index contributed by atoms with van der Waals surface area (Å²) < 4.78 is 0. The van der Waals surface area contributed by atoms with Gasteiger partial charge in [0, 0.05) is 11.6 Å². The van der Waals surface area contributed by atoms with E-state index in [0.717, 1.165) is 25.4 Å². The van der Waals surface area contributed by atoms with E-state index in [1.807, 2.05) is 0 Å². The van der Waals surface area contributed by atoms with E-state index in [4.69, 9.17) is 5.73 Å². The van der Waals surface area contributed by atoms with Crippen molar-refractivity contribution in [3.63, 3.8) is 0 Å². The zero-order valence-corrected chi connectivity index (χ0v) is 11.5. The van der Waals surface area contributed by atoms with Gasteiger partial charge in [-0.3, -0.25) is 4.90 Å². The predicted octanol–water partition coefficient (Wildman–Crippen LogP) is 2.87. The van der Waals surface area contributed by atoms with E-state index in [1.54, 1.807) is 0 Å². The van der Waals surface area contributed by atoms with E-state index in [-0.39, 0.29) is 11.6 Å². The van der Waals surface area contributed by atoms with Gasteiger partial charge in [-0.25, -0.2) is 0 Å². The van der Waals surface area contributed by atoms with Crippen molar-refractivity contribution >= 4 is 0 Å². The molecule has 2 unspecified atom stereocenters. The minimum Gasteiger partial charge on any atom is -0.326 e. The first kappa shape index (κ1) is 14.9. The van der Waals surface area contributed by atoms with Gasteiger partial charge in [0.1, 0.15) is 0 Å². The van der Waals surface area contributed by atoms with Crippen molar-refractivity contribution in [1.29, 1.82) is 0 Å². The third-order valence-electron chi connectivity index (χ3n) is 3.84. The van der Waals surface area contributed by atoms with Crippen LogP contribution in [0, 0.1) is 5.92 Å². The number of hydrogen-bond acceptors (Lipinski definition) is 2. The molecule has 2 N–H and O–H groups in total. The Morgan fingerprint density at radius 2 is 1.60 bits per heavy atom. The van der Waals surface area contributed by atoms with Gasteiger partial charge in [-0.05, 0) is 39.3 Å². The maximum absolute atomic E-state index is 6.34. The van der Waals surface area contributed by atoms with Crippen LogP contribution in [0.25, 0.3) is 0 Å². The first-order valence-electron chi connectivity index (χ1n) is 6.40. The zero-order chi connectivity index (χ0) is 12.1. The standard InChI is InChI=1S/C13H30N2/c1-7-11(4)10-12(14)13(5,6)15(8-2)9-3/h11-12H,7-10,14H2,1-6H3. The number of nitrogens with zero attached hydrogens (tertiary/aromatic N) is 1. The van der Waals surface area contributed by atoms with Gasteiger partial charge in [0.15, 0.2) is 0 Å². The van der Waals surface area contributed by atoms with Crippen LogP contribution < -0.4 is 5.73 Å². The molecule has 15 heavy (non-hydrogen) atoms. The maximum atomic E-state index is 6.34. The van der Waals surface area contributed by atoms with Gasteiger partial charge in [0.2, 0.25) is 0 Å². The Bertz CT molecular complexity index is 162. The SMILES string of the molecule is CCC(C)CC(N)C(C)(C)N(CC)CC. The largest absolute Gasteiger partial charge is 0.326 e. The lowest BCUT2D eigenvalue weighted by Crippen LogP contribution is -2.56. The van der Waals surface area contributed by atoms with Gasteiger partial charge >= 0.3 is 0 Å². The monoisotopic (exact) mass is 214 g/mol. The third kappa shape index (κ3) is 4.12. The molecule has 0 radical (unpaired) electrons. The van der Waals surface area contributed by atoms with Crippen molar-refractivity contribution in [2.45, 2.75) is 66.0 Å². The molecule has 0 rings (SSSR count). The van der Waals surface area contributed by atoms with E-state index in [9.17, 15) is 0 Å². The lowest BCUT2D eigenvalue weighted by molar-refractivity contribution is 0.0969. The topological polar surface area (TPSA) is 29.3 Å². The summed E-state index contributed by atoms with van der Waals surface area (Å²) in [5.41, 5.74) is 6.46. The highest BCUT2D eigenvalue weighted by molar-refractivity contribution is 4.91. The number of hydrogen-bond donors (Lipinski definition) is 1. The Labute approximate surface area is 96.2 Å². The van der Waals surface area contributed by atoms with E-state index >= 15 is 0 Å². The van der Waals surface area contributed by atoms with Crippen LogP contribution in [0.3, 0.4) is 0 Å². The van der Waals surface area contributed by atoms with Gasteiger partial charge in [-0.2, -0.15) is 0 Å². The molecule has 0 saturated heterocycles. The highest BCUT2D eigenvalue weighted by atomic mass is 15.2. The van der Waals surface area contributed by atoms with Crippen LogP contribution in [0.4, 0.5) is 0 Å². The molecular formula is C13H30N2. The second kappa shape index (κ2) is 6.49. The van der Waals surface area contributed by atoms with Gasteiger partial charge in [0.05, 0.1) is 0 Å². The van der Waals surface area contributed by atoms with Crippen molar-refractivity contribution in [1.82, 2.24) is 4.90 Å². The summed E-state index contributed by atoms with van der Waals surface area (Å²) in [5.74, 6) is 0.731. The Balaban J connectivity index is 4.41. The highest BCUT2D eigenvalue weighted by Crippen LogP contribution is 2.23. The second-order valence-electron chi connectivity index (χ2n) is 5.18. The van der Waals surface area contributed by atoms with Crippen molar-refractivity contribution < 1.29 is 0 Å². The molecule has 0 aliphatic carbocycles. The second-order valence-corrected chi connectivity index (χ2v) is 5.18. The molecule has 0 aromatic heterocycles. The van der Waals surface area contributed by atoms with Crippen LogP contribution >= 0.6 is 0 Å². The molecule has 92 valence electrons. The van der Waals surface area contributed by atoms with E-state index in [1.165, 1.54) is 6.42 Å². The molecule has 2 heteroatoms. The van der Waals surface area contributed by atoms with Crippen molar-refractivity contribution in [3.8, 4) is 0 Å². The summed E-state index contributed by atoms with van der Waals surface area (Å²) >= 11 is 0. The van der Waals surface area contributed by atoms with E-state index in [0.29, 0.717) is 0 Å². The highest BCUT2D eigenvalue weighted by Gasteiger charge is 2.31. The molecule has 0 heterocycles. The molecular weight excluding hydrogens is 184 g/mol. The van der Waals surface area contributed by atoms with Crippen LogP contribution in [0.15, 0.2) is 0 Å². The molecule has 2 atom stereocenters. The summed E-state index contributed by atoms with van der Waals surface area (Å²) in [6.45, 7) is 15.7. The summed E-state index contributed by atoms with van der Waals surface area (Å²) in [5, 5.41) is 0. The fourth-order valence-corrected chi connectivity index (χ4v) is 2.16. The van der Waals surface area contributed by atoms with Crippen LogP contribution in [-0.2, 0) is 0 Å². The summed E-state index contributed by atoms with van der Waals surface area (Å²) in [6.07, 6.45) is 2.35. The molecule has 0 aromatic rings. The van der Waals surface area contributed by atoms with Crippen molar-refractivity contribution in [2.24, 2.45) is 11.7 Å². The molecule has 0 bridgehead atoms. The van der Waals surface area contributed by atoms with Crippen molar-refractivity contribution in [3.05, 3.63) is 0 Å². The van der Waals surface area contributed by atoms with Crippen LogP contribution in [0.1, 0.15) is 54.4 Å². The fraction of sp³-hybridized carbons (Fsp3) is 1.00. The predicted molar refractivity (Wildman–Crippen MR) is 69.0 cm³/mol. The number of rotatable bonds is 7. The van der Waals surface area contributed by atoms with E-state index < -0.39 is 0 Å². The Kier molecular flexibility index (Phi) is 6.46. The van der Waals surface area contributed by atoms with Crippen LogP contribution in [0.2, 0.25) is 0 Å². The normalized spacial score (nSPS) is 16.8. The number of nitrogens with two attached hydrogens (primary N) is 1. The first-order valence-corrected chi connectivity index (χ1v) is 6.40. The average Bonchev–Trinajstić information content (AvgIpc) is 2.18. The number of likely N-dealkylation sites (N-methyl/N-ethyl adjacent to an activating group) is 1. The van der Waals surface area contributed by atoms with Crippen LogP contribution in [-0.4, -0.2) is 29.6 Å². The third-order valence-corrected chi connectivity index (χ3v) is 3.84. The molecule has 0 spiro atoms. The lowest BCUT2D eigenvalue weighted by atomic mass is 9.85. The first-order chi connectivity index (χ1) is 6.89. The van der Waals surface area contributed by atoms with Crippen molar-refractivity contribution in [2.75, 3.05) is 13.1 Å². The van der Waals surface area contributed by atoms with Gasteiger partial charge in [-0.1, -0.05) is 34.1 Å². The summed E-state index contributed by atoms with van der Waals surface area (Å²) in [7, 11) is 0. The Hall–Kier alpha value is -0.0800. The fourth-order valence-electron chi connectivity index (χ4n) is 2.16. The van der Waals surface area contributed by atoms with Crippen LogP contribution in [0.5, 0.6) is 0 Å². The summed E-state index contributed by atoms with van der Waals surface area (Å²) in [6, 6.07) is 0.271. The lowest BCUT2D eigenvalue weighted by Gasteiger charge is -2.42. The average molecular weight is 214 g/mol. The molecule has 2 nitrogen and oxygen atoms in total. The molecule has 0 aliphatic rings. The molecule has 0 aliphatic heterocycles. The van der Waals surface area contributed by atoms with Gasteiger partial charge in [-0.15, -0.1) is 0 Å². The minimum atomic E-state index is 0.118. The minimum absolute atomic E-state index is 0.118. The van der Waals surface area contributed by atoms with E-state index in [2.05, 4.69) is 46.4 Å². The molecule has 0 saturated carbocycles. The maximum Gasteiger partial charge on any atom is 0.0303 e. The molecule has 0 fully saturated rings. The summed E-state index contributed by atoms with van der Waals surface area (Å²) in [4.78, 5) is 2.46. The smallest absolute Gasteiger partial charge is 0.0303 e.